The molecule has 0 N–H and O–H groups in total. The summed E-state index contributed by atoms with van der Waals surface area (Å²) in [4.78, 5) is 15.3. The molecule has 0 radical (unpaired) electrons. The highest BCUT2D eigenvalue weighted by Crippen LogP contribution is 2.30. The lowest BCUT2D eigenvalue weighted by atomic mass is 9.95. The first-order valence-electron chi connectivity index (χ1n) is 9.08. The van der Waals surface area contributed by atoms with Gasteiger partial charge in [-0.2, -0.15) is 0 Å². The van der Waals surface area contributed by atoms with E-state index in [1.807, 2.05) is 4.90 Å². The molecule has 2 rings (SSSR count). The lowest BCUT2D eigenvalue weighted by Crippen LogP contribution is -2.43. The molecule has 1 aliphatic heterocycles. The molecule has 5 nitrogen and oxygen atoms in total. The van der Waals surface area contributed by atoms with Crippen molar-refractivity contribution < 1.29 is 13.2 Å². The summed E-state index contributed by atoms with van der Waals surface area (Å²) in [5.41, 5.74) is 0.425. The second-order valence-corrected chi connectivity index (χ2v) is 10.7. The summed E-state index contributed by atoms with van der Waals surface area (Å²) < 4.78 is 26.7. The molecule has 0 aliphatic carbocycles. The summed E-state index contributed by atoms with van der Waals surface area (Å²) in [5.74, 6) is 0.883. The van der Waals surface area contributed by atoms with Crippen LogP contribution < -0.4 is 0 Å². The summed E-state index contributed by atoms with van der Waals surface area (Å²) in [5, 5.41) is 0. The first-order chi connectivity index (χ1) is 12.1. The molecule has 146 valence electrons. The predicted molar refractivity (Wildman–Crippen MR) is 108 cm³/mol. The van der Waals surface area contributed by atoms with E-state index in [-0.39, 0.29) is 16.8 Å². The molecule has 26 heavy (non-hydrogen) atoms. The average Bonchev–Trinajstić information content (AvgIpc) is 2.76. The largest absolute Gasteiger partial charge is 0.335 e. The third-order valence-electron chi connectivity index (χ3n) is 5.19. The standard InChI is InChI=1S/C19H29BrN2O3S/c1-13(2)17-9-6-14(3)10-11-22(17)19(23)15-7-8-16(20)18(12-15)26(24,25)21(4)5/h7-8,12-14,17H,6,9-11H2,1-5H3. The summed E-state index contributed by atoms with van der Waals surface area (Å²) in [6.45, 7) is 7.23. The van der Waals surface area contributed by atoms with Gasteiger partial charge in [0.1, 0.15) is 0 Å². The Balaban J connectivity index is 2.42. The van der Waals surface area contributed by atoms with E-state index in [2.05, 4.69) is 36.7 Å². The molecular formula is C19H29BrN2O3S. The molecule has 1 heterocycles. The van der Waals surface area contributed by atoms with Gasteiger partial charge < -0.3 is 4.90 Å². The Morgan fingerprint density at radius 1 is 1.23 bits per heavy atom. The topological polar surface area (TPSA) is 57.7 Å². The van der Waals surface area contributed by atoms with Crippen LogP contribution in [0.5, 0.6) is 0 Å². The molecule has 1 fully saturated rings. The molecule has 0 bridgehead atoms. The van der Waals surface area contributed by atoms with Gasteiger partial charge in [-0.3, -0.25) is 4.79 Å². The Hall–Kier alpha value is -0.920. The summed E-state index contributed by atoms with van der Waals surface area (Å²) in [6.07, 6.45) is 3.09. The van der Waals surface area contributed by atoms with Crippen LogP contribution in [0.25, 0.3) is 0 Å². The molecule has 2 atom stereocenters. The number of hydrogen-bond donors (Lipinski definition) is 0. The van der Waals surface area contributed by atoms with Gasteiger partial charge in [-0.15, -0.1) is 0 Å². The lowest BCUT2D eigenvalue weighted by Gasteiger charge is -2.33. The van der Waals surface area contributed by atoms with E-state index in [9.17, 15) is 13.2 Å². The van der Waals surface area contributed by atoms with Crippen molar-refractivity contribution >= 4 is 31.9 Å². The second-order valence-electron chi connectivity index (χ2n) is 7.71. The van der Waals surface area contributed by atoms with Crippen molar-refractivity contribution in [2.75, 3.05) is 20.6 Å². The number of rotatable bonds is 4. The fourth-order valence-electron chi connectivity index (χ4n) is 3.42. The molecule has 0 saturated carbocycles. The van der Waals surface area contributed by atoms with Crippen molar-refractivity contribution in [3.8, 4) is 0 Å². The van der Waals surface area contributed by atoms with E-state index in [1.54, 1.807) is 12.1 Å². The van der Waals surface area contributed by atoms with Gasteiger partial charge in [0.15, 0.2) is 0 Å². The zero-order valence-electron chi connectivity index (χ0n) is 16.2. The minimum atomic E-state index is -3.62. The van der Waals surface area contributed by atoms with E-state index >= 15 is 0 Å². The zero-order chi connectivity index (χ0) is 19.6. The van der Waals surface area contributed by atoms with Crippen LogP contribution in [-0.2, 0) is 10.0 Å². The highest BCUT2D eigenvalue weighted by atomic mass is 79.9. The van der Waals surface area contributed by atoms with Gasteiger partial charge in [0, 0.05) is 36.7 Å². The third-order valence-corrected chi connectivity index (χ3v) is 7.99. The zero-order valence-corrected chi connectivity index (χ0v) is 18.6. The van der Waals surface area contributed by atoms with Gasteiger partial charge in [0.05, 0.1) is 4.90 Å². The Morgan fingerprint density at radius 3 is 2.46 bits per heavy atom. The number of hydrogen-bond acceptors (Lipinski definition) is 3. The van der Waals surface area contributed by atoms with Gasteiger partial charge in [0.2, 0.25) is 10.0 Å². The second kappa shape index (κ2) is 8.40. The first-order valence-corrected chi connectivity index (χ1v) is 11.3. The highest BCUT2D eigenvalue weighted by Gasteiger charge is 2.31. The predicted octanol–water partition coefficient (Wildman–Crippen LogP) is 3.99. The van der Waals surface area contributed by atoms with Gasteiger partial charge in [-0.25, -0.2) is 12.7 Å². The Labute approximate surface area is 165 Å². The Bertz CT molecular complexity index is 762. The summed E-state index contributed by atoms with van der Waals surface area (Å²) in [6, 6.07) is 5.03. The van der Waals surface area contributed by atoms with E-state index < -0.39 is 10.0 Å². The number of nitrogens with zero attached hydrogens (tertiary/aromatic N) is 2. The molecule has 1 amide bonds. The maximum absolute atomic E-state index is 13.2. The Kier molecular flexibility index (Phi) is 6.91. The maximum atomic E-state index is 13.2. The minimum absolute atomic E-state index is 0.0829. The SMILES string of the molecule is CC1CCC(C(C)C)N(C(=O)c2ccc(Br)c(S(=O)(=O)N(C)C)c2)CC1. The maximum Gasteiger partial charge on any atom is 0.254 e. The number of halogens is 1. The van der Waals surface area contributed by atoms with E-state index in [0.29, 0.717) is 28.4 Å². The monoisotopic (exact) mass is 444 g/mol. The summed E-state index contributed by atoms with van der Waals surface area (Å²) >= 11 is 3.30. The van der Waals surface area contributed by atoms with Crippen molar-refractivity contribution in [3.05, 3.63) is 28.2 Å². The van der Waals surface area contributed by atoms with Crippen LogP contribution in [0.2, 0.25) is 0 Å². The molecule has 2 unspecified atom stereocenters. The van der Waals surface area contributed by atoms with E-state index in [1.165, 1.54) is 20.2 Å². The van der Waals surface area contributed by atoms with Gasteiger partial charge in [-0.05, 0) is 65.2 Å². The fourth-order valence-corrected chi connectivity index (χ4v) is 5.27. The van der Waals surface area contributed by atoms with Crippen LogP contribution in [0.4, 0.5) is 0 Å². The summed E-state index contributed by atoms with van der Waals surface area (Å²) in [7, 11) is -0.650. The van der Waals surface area contributed by atoms with E-state index in [4.69, 9.17) is 0 Å². The lowest BCUT2D eigenvalue weighted by molar-refractivity contribution is 0.0631. The highest BCUT2D eigenvalue weighted by molar-refractivity contribution is 9.10. The molecule has 7 heteroatoms. The van der Waals surface area contributed by atoms with Crippen LogP contribution >= 0.6 is 15.9 Å². The van der Waals surface area contributed by atoms with Crippen LogP contribution in [0.15, 0.2) is 27.6 Å². The van der Waals surface area contributed by atoms with Gasteiger partial charge >= 0.3 is 0 Å². The quantitative estimate of drug-likeness (QED) is 0.705. The number of amides is 1. The van der Waals surface area contributed by atoms with Crippen LogP contribution in [0.3, 0.4) is 0 Å². The number of sulfonamides is 1. The Morgan fingerprint density at radius 2 is 1.88 bits per heavy atom. The molecule has 1 aromatic carbocycles. The van der Waals surface area contributed by atoms with Gasteiger partial charge in [0.25, 0.3) is 5.91 Å². The molecule has 1 saturated heterocycles. The molecule has 0 aromatic heterocycles. The first kappa shape index (κ1) is 21.4. The van der Waals surface area contributed by atoms with Crippen molar-refractivity contribution in [1.29, 1.82) is 0 Å². The van der Waals surface area contributed by atoms with Crippen LogP contribution in [0.1, 0.15) is 50.4 Å². The number of benzene rings is 1. The van der Waals surface area contributed by atoms with Crippen LogP contribution in [-0.4, -0.2) is 50.2 Å². The number of carbonyl (C=O) groups is 1. The number of likely N-dealkylation sites (tertiary alicyclic amines) is 1. The number of carbonyl (C=O) groups excluding carboxylic acids is 1. The smallest absolute Gasteiger partial charge is 0.254 e. The minimum Gasteiger partial charge on any atom is -0.335 e. The fraction of sp³-hybridized carbons (Fsp3) is 0.632. The van der Waals surface area contributed by atoms with Crippen molar-refractivity contribution in [3.63, 3.8) is 0 Å². The molecule has 1 aliphatic rings. The molecule has 1 aromatic rings. The molecular weight excluding hydrogens is 416 g/mol. The van der Waals surface area contributed by atoms with Crippen molar-refractivity contribution in [2.45, 2.75) is 51.0 Å². The van der Waals surface area contributed by atoms with Crippen molar-refractivity contribution in [2.24, 2.45) is 11.8 Å². The molecule has 0 spiro atoms. The normalized spacial score (nSPS) is 21.9. The van der Waals surface area contributed by atoms with Crippen molar-refractivity contribution in [1.82, 2.24) is 9.21 Å². The van der Waals surface area contributed by atoms with Crippen LogP contribution in [0, 0.1) is 11.8 Å². The third kappa shape index (κ3) is 4.49. The van der Waals surface area contributed by atoms with Gasteiger partial charge in [-0.1, -0.05) is 20.8 Å². The average molecular weight is 445 g/mol. The van der Waals surface area contributed by atoms with E-state index in [0.717, 1.165) is 23.6 Å².